The highest BCUT2D eigenvalue weighted by Crippen LogP contribution is 2.11. The molecule has 1 heterocycles. The Morgan fingerprint density at radius 3 is 2.92 bits per heavy atom. The topological polar surface area (TPSA) is 36.7 Å². The van der Waals surface area contributed by atoms with E-state index in [4.69, 9.17) is 5.41 Å². The smallest absolute Gasteiger partial charge is 0.0361 e. The van der Waals surface area contributed by atoms with Crippen molar-refractivity contribution in [1.82, 2.24) is 4.98 Å². The van der Waals surface area contributed by atoms with E-state index in [9.17, 15) is 0 Å². The van der Waals surface area contributed by atoms with E-state index in [0.717, 1.165) is 17.5 Å². The minimum absolute atomic E-state index is 0.871. The number of rotatable bonds is 3. The van der Waals surface area contributed by atoms with E-state index in [-0.39, 0.29) is 0 Å². The fraction of sp³-hybridized carbons (Fsp3) is 0.273. The molecule has 0 amide bonds. The molecule has 0 aliphatic heterocycles. The van der Waals surface area contributed by atoms with Crippen molar-refractivity contribution >= 4 is 12.3 Å². The molecular weight excluding hydrogens is 160 g/mol. The van der Waals surface area contributed by atoms with Gasteiger partial charge in [-0.05, 0) is 25.0 Å². The molecule has 68 valence electrons. The van der Waals surface area contributed by atoms with Crippen LogP contribution in [0.5, 0.6) is 0 Å². The van der Waals surface area contributed by atoms with E-state index >= 15 is 0 Å². The van der Waals surface area contributed by atoms with Crippen molar-refractivity contribution in [2.45, 2.75) is 20.3 Å². The lowest BCUT2D eigenvalue weighted by atomic mass is 10.1. The Balaban J connectivity index is 3.06. The third-order valence-electron chi connectivity index (χ3n) is 2.00. The van der Waals surface area contributed by atoms with Crippen LogP contribution < -0.4 is 0 Å². The second-order valence-corrected chi connectivity index (χ2v) is 2.99. The van der Waals surface area contributed by atoms with Gasteiger partial charge in [-0.3, -0.25) is 4.98 Å². The Morgan fingerprint density at radius 2 is 2.31 bits per heavy atom. The van der Waals surface area contributed by atoms with Gasteiger partial charge in [-0.2, -0.15) is 0 Å². The SMILES string of the molecule is CC/C(C)=C\c1ccncc1C=N. The van der Waals surface area contributed by atoms with Crippen LogP contribution in [0.2, 0.25) is 0 Å². The van der Waals surface area contributed by atoms with Gasteiger partial charge >= 0.3 is 0 Å². The molecule has 1 rings (SSSR count). The molecule has 0 spiro atoms. The zero-order valence-corrected chi connectivity index (χ0v) is 8.04. The third kappa shape index (κ3) is 2.51. The van der Waals surface area contributed by atoms with Crippen LogP contribution in [0.15, 0.2) is 24.0 Å². The molecule has 2 nitrogen and oxygen atoms in total. The molecule has 0 saturated heterocycles. The number of aromatic nitrogens is 1. The van der Waals surface area contributed by atoms with Crippen molar-refractivity contribution in [1.29, 1.82) is 5.41 Å². The Bertz CT molecular complexity index is 327. The van der Waals surface area contributed by atoms with Gasteiger partial charge in [0.1, 0.15) is 0 Å². The molecule has 0 saturated carbocycles. The molecule has 0 aromatic carbocycles. The van der Waals surface area contributed by atoms with E-state index < -0.39 is 0 Å². The number of allylic oxidation sites excluding steroid dienone is 1. The summed E-state index contributed by atoms with van der Waals surface area (Å²) in [6.45, 7) is 4.21. The average molecular weight is 174 g/mol. The Hall–Kier alpha value is -1.44. The summed E-state index contributed by atoms with van der Waals surface area (Å²) in [4.78, 5) is 3.97. The molecular formula is C11H14N2. The standard InChI is InChI=1S/C11H14N2/c1-3-9(2)6-10-4-5-13-8-11(10)7-12/h4-8,12H,3H2,1-2H3/b9-6-,12-7?. The summed E-state index contributed by atoms with van der Waals surface area (Å²) in [5.74, 6) is 0. The van der Waals surface area contributed by atoms with Gasteiger partial charge in [0, 0.05) is 24.2 Å². The van der Waals surface area contributed by atoms with Crippen molar-refractivity contribution in [3.63, 3.8) is 0 Å². The van der Waals surface area contributed by atoms with Crippen molar-refractivity contribution in [3.05, 3.63) is 35.2 Å². The molecule has 0 aliphatic carbocycles. The van der Waals surface area contributed by atoms with Crippen molar-refractivity contribution in [2.75, 3.05) is 0 Å². The number of nitrogens with zero attached hydrogens (tertiary/aromatic N) is 1. The summed E-state index contributed by atoms with van der Waals surface area (Å²) in [6.07, 6.45) is 7.94. The van der Waals surface area contributed by atoms with E-state index in [1.807, 2.05) is 6.07 Å². The van der Waals surface area contributed by atoms with Gasteiger partial charge in [-0.1, -0.05) is 18.6 Å². The van der Waals surface area contributed by atoms with Crippen LogP contribution in [0.1, 0.15) is 31.4 Å². The normalized spacial score (nSPS) is 11.4. The number of nitrogens with one attached hydrogen (secondary N) is 1. The molecule has 1 N–H and O–H groups in total. The Labute approximate surface area is 78.8 Å². The first-order valence-corrected chi connectivity index (χ1v) is 4.39. The largest absolute Gasteiger partial charge is 0.308 e. The molecule has 2 heteroatoms. The first-order valence-electron chi connectivity index (χ1n) is 4.39. The summed E-state index contributed by atoms with van der Waals surface area (Å²) in [7, 11) is 0. The predicted molar refractivity (Wildman–Crippen MR) is 56.1 cm³/mol. The lowest BCUT2D eigenvalue weighted by molar-refractivity contribution is 1.11. The van der Waals surface area contributed by atoms with Gasteiger partial charge in [0.15, 0.2) is 0 Å². The Kier molecular flexibility index (Phi) is 3.38. The van der Waals surface area contributed by atoms with Gasteiger partial charge in [-0.25, -0.2) is 0 Å². The van der Waals surface area contributed by atoms with Crippen molar-refractivity contribution in [2.24, 2.45) is 0 Å². The van der Waals surface area contributed by atoms with Crippen LogP contribution in [0.4, 0.5) is 0 Å². The molecule has 0 bridgehead atoms. The molecule has 1 aromatic heterocycles. The second kappa shape index (κ2) is 4.55. The van der Waals surface area contributed by atoms with Crippen LogP contribution in [0.25, 0.3) is 6.08 Å². The van der Waals surface area contributed by atoms with Gasteiger partial charge < -0.3 is 5.41 Å². The van der Waals surface area contributed by atoms with Crippen molar-refractivity contribution in [3.8, 4) is 0 Å². The van der Waals surface area contributed by atoms with Crippen molar-refractivity contribution < 1.29 is 0 Å². The van der Waals surface area contributed by atoms with Crippen LogP contribution in [-0.2, 0) is 0 Å². The molecule has 13 heavy (non-hydrogen) atoms. The van der Waals surface area contributed by atoms with Crippen LogP contribution in [-0.4, -0.2) is 11.2 Å². The average Bonchev–Trinajstić information content (AvgIpc) is 2.18. The summed E-state index contributed by atoms with van der Waals surface area (Å²) in [6, 6.07) is 1.93. The van der Waals surface area contributed by atoms with Gasteiger partial charge in [0.2, 0.25) is 0 Å². The molecule has 0 radical (unpaired) electrons. The first kappa shape index (κ1) is 9.65. The maximum atomic E-state index is 7.19. The minimum Gasteiger partial charge on any atom is -0.308 e. The maximum absolute atomic E-state index is 7.19. The highest BCUT2D eigenvalue weighted by Gasteiger charge is 1.95. The lowest BCUT2D eigenvalue weighted by Gasteiger charge is -2.00. The second-order valence-electron chi connectivity index (χ2n) is 2.99. The monoisotopic (exact) mass is 174 g/mol. The molecule has 0 unspecified atom stereocenters. The highest BCUT2D eigenvalue weighted by atomic mass is 14.6. The summed E-state index contributed by atoms with van der Waals surface area (Å²) in [5.41, 5.74) is 3.26. The van der Waals surface area contributed by atoms with Gasteiger partial charge in [-0.15, -0.1) is 0 Å². The predicted octanol–water partition coefficient (Wildman–Crippen LogP) is 2.89. The summed E-state index contributed by atoms with van der Waals surface area (Å²) >= 11 is 0. The van der Waals surface area contributed by atoms with Gasteiger partial charge in [0.05, 0.1) is 0 Å². The fourth-order valence-electron chi connectivity index (χ4n) is 1.04. The summed E-state index contributed by atoms with van der Waals surface area (Å²) < 4.78 is 0. The van der Waals surface area contributed by atoms with Crippen LogP contribution in [0.3, 0.4) is 0 Å². The van der Waals surface area contributed by atoms with Gasteiger partial charge in [0.25, 0.3) is 0 Å². The van der Waals surface area contributed by atoms with E-state index in [0.29, 0.717) is 0 Å². The number of hydrogen-bond donors (Lipinski definition) is 1. The van der Waals surface area contributed by atoms with E-state index in [2.05, 4.69) is 24.9 Å². The molecule has 0 fully saturated rings. The lowest BCUT2D eigenvalue weighted by Crippen LogP contribution is -1.87. The highest BCUT2D eigenvalue weighted by molar-refractivity contribution is 5.83. The summed E-state index contributed by atoms with van der Waals surface area (Å²) in [5, 5.41) is 7.19. The molecule has 0 atom stereocenters. The first-order chi connectivity index (χ1) is 6.27. The van der Waals surface area contributed by atoms with E-state index in [1.54, 1.807) is 12.4 Å². The van der Waals surface area contributed by atoms with Crippen LogP contribution in [0, 0.1) is 5.41 Å². The zero-order valence-electron chi connectivity index (χ0n) is 8.04. The molecule has 1 aromatic rings. The number of pyridine rings is 1. The van der Waals surface area contributed by atoms with E-state index in [1.165, 1.54) is 11.8 Å². The van der Waals surface area contributed by atoms with Crippen LogP contribution >= 0.6 is 0 Å². The number of hydrogen-bond acceptors (Lipinski definition) is 2. The minimum atomic E-state index is 0.871. The third-order valence-corrected chi connectivity index (χ3v) is 2.00. The maximum Gasteiger partial charge on any atom is 0.0361 e. The fourth-order valence-corrected chi connectivity index (χ4v) is 1.04. The Morgan fingerprint density at radius 1 is 1.54 bits per heavy atom. The quantitative estimate of drug-likeness (QED) is 0.703. The molecule has 0 aliphatic rings. The zero-order chi connectivity index (χ0) is 9.68.